The fraction of sp³-hybridized carbons (Fsp3) is 0.700. The molecule has 1 fully saturated rings. The number of likely N-dealkylation sites (tertiary alicyclic amines) is 1. The zero-order chi connectivity index (χ0) is 9.68. The number of unbranched alkanes of at least 4 members (excludes halogenated alkanes) is 1. The van der Waals surface area contributed by atoms with Crippen molar-refractivity contribution in [1.29, 1.82) is 0 Å². The minimum Gasteiger partial charge on any atom is -0.341 e. The lowest BCUT2D eigenvalue weighted by Gasteiger charge is -2.14. The van der Waals surface area contributed by atoms with Crippen molar-refractivity contribution in [2.45, 2.75) is 19.3 Å². The van der Waals surface area contributed by atoms with E-state index in [9.17, 15) is 4.79 Å². The van der Waals surface area contributed by atoms with Crippen LogP contribution in [-0.2, 0) is 4.79 Å². The Bertz CT molecular complexity index is 219. The molecule has 0 aliphatic carbocycles. The fourth-order valence-electron chi connectivity index (χ4n) is 1.55. The number of nitrogens with two attached hydrogens (primary N) is 1. The standard InChI is InChI=1S/C10H16N2O/c1-2-9-7-10(13)12(8-9)6-4-3-5-11/h1,9H,3-8,11H2. The van der Waals surface area contributed by atoms with Gasteiger partial charge in [-0.3, -0.25) is 4.79 Å². The molecule has 0 spiro atoms. The molecule has 0 aromatic carbocycles. The van der Waals surface area contributed by atoms with E-state index in [2.05, 4.69) is 5.92 Å². The molecule has 1 atom stereocenters. The molecule has 1 aliphatic heterocycles. The number of hydrogen-bond donors (Lipinski definition) is 1. The van der Waals surface area contributed by atoms with Gasteiger partial charge in [0.1, 0.15) is 0 Å². The second kappa shape index (κ2) is 4.88. The van der Waals surface area contributed by atoms with E-state index in [0.29, 0.717) is 13.0 Å². The average molecular weight is 180 g/mol. The Balaban J connectivity index is 2.28. The SMILES string of the molecule is C#CC1CC(=O)N(CCCCN)C1. The quantitative estimate of drug-likeness (QED) is 0.496. The first kappa shape index (κ1) is 10.1. The summed E-state index contributed by atoms with van der Waals surface area (Å²) in [6.45, 7) is 2.24. The van der Waals surface area contributed by atoms with Gasteiger partial charge in [0, 0.05) is 25.4 Å². The average Bonchev–Trinajstić information content (AvgIpc) is 2.48. The van der Waals surface area contributed by atoms with E-state index in [1.165, 1.54) is 0 Å². The van der Waals surface area contributed by atoms with E-state index in [-0.39, 0.29) is 11.8 Å². The van der Waals surface area contributed by atoms with Crippen LogP contribution in [0, 0.1) is 18.3 Å². The van der Waals surface area contributed by atoms with Crippen LogP contribution in [0.4, 0.5) is 0 Å². The molecule has 0 aromatic heterocycles. The lowest BCUT2D eigenvalue weighted by Crippen LogP contribution is -2.26. The van der Waals surface area contributed by atoms with Crippen LogP contribution in [0.15, 0.2) is 0 Å². The molecule has 1 heterocycles. The van der Waals surface area contributed by atoms with Gasteiger partial charge in [-0.25, -0.2) is 0 Å². The van der Waals surface area contributed by atoms with Gasteiger partial charge < -0.3 is 10.6 Å². The minimum atomic E-state index is 0.130. The molecule has 72 valence electrons. The molecule has 13 heavy (non-hydrogen) atoms. The van der Waals surface area contributed by atoms with Crippen molar-refractivity contribution >= 4 is 5.91 Å². The van der Waals surface area contributed by atoms with E-state index in [1.807, 2.05) is 4.90 Å². The third kappa shape index (κ3) is 2.74. The van der Waals surface area contributed by atoms with E-state index < -0.39 is 0 Å². The van der Waals surface area contributed by atoms with Crippen LogP contribution in [-0.4, -0.2) is 30.4 Å². The van der Waals surface area contributed by atoms with Crippen LogP contribution in [0.3, 0.4) is 0 Å². The van der Waals surface area contributed by atoms with Crippen molar-refractivity contribution in [3.63, 3.8) is 0 Å². The number of nitrogens with zero attached hydrogens (tertiary/aromatic N) is 1. The summed E-state index contributed by atoms with van der Waals surface area (Å²) in [5.74, 6) is 2.95. The first-order valence-corrected chi connectivity index (χ1v) is 4.72. The summed E-state index contributed by atoms with van der Waals surface area (Å²) < 4.78 is 0. The molecule has 1 aliphatic rings. The topological polar surface area (TPSA) is 46.3 Å². The van der Waals surface area contributed by atoms with E-state index in [0.717, 1.165) is 25.9 Å². The predicted molar refractivity (Wildman–Crippen MR) is 51.8 cm³/mol. The van der Waals surface area contributed by atoms with Gasteiger partial charge in [0.15, 0.2) is 0 Å². The fourth-order valence-corrected chi connectivity index (χ4v) is 1.55. The third-order valence-electron chi connectivity index (χ3n) is 2.33. The summed E-state index contributed by atoms with van der Waals surface area (Å²) in [5.41, 5.74) is 5.37. The maximum absolute atomic E-state index is 11.3. The highest BCUT2D eigenvalue weighted by Crippen LogP contribution is 2.16. The van der Waals surface area contributed by atoms with Crippen molar-refractivity contribution in [1.82, 2.24) is 4.90 Å². The maximum atomic E-state index is 11.3. The molecule has 1 saturated heterocycles. The highest BCUT2D eigenvalue weighted by Gasteiger charge is 2.27. The first-order chi connectivity index (χ1) is 6.27. The molecule has 3 heteroatoms. The molecular formula is C10H16N2O. The smallest absolute Gasteiger partial charge is 0.223 e. The maximum Gasteiger partial charge on any atom is 0.223 e. The van der Waals surface area contributed by atoms with E-state index in [1.54, 1.807) is 0 Å². The molecule has 3 nitrogen and oxygen atoms in total. The predicted octanol–water partition coefficient (Wildman–Crippen LogP) is 0.207. The Labute approximate surface area is 79.3 Å². The van der Waals surface area contributed by atoms with Crippen molar-refractivity contribution in [3.05, 3.63) is 0 Å². The number of carbonyl (C=O) groups is 1. The van der Waals surface area contributed by atoms with Gasteiger partial charge in [-0.15, -0.1) is 12.3 Å². The second-order valence-corrected chi connectivity index (χ2v) is 3.40. The highest BCUT2D eigenvalue weighted by molar-refractivity contribution is 5.79. The van der Waals surface area contributed by atoms with Crippen LogP contribution in [0.1, 0.15) is 19.3 Å². The second-order valence-electron chi connectivity index (χ2n) is 3.40. The number of rotatable bonds is 4. The van der Waals surface area contributed by atoms with Gasteiger partial charge in [0.05, 0.1) is 0 Å². The summed E-state index contributed by atoms with van der Waals surface area (Å²) in [5, 5.41) is 0. The molecule has 0 radical (unpaired) electrons. The van der Waals surface area contributed by atoms with Gasteiger partial charge in [0.25, 0.3) is 0 Å². The number of terminal acetylenes is 1. The van der Waals surface area contributed by atoms with Crippen LogP contribution in [0.2, 0.25) is 0 Å². The monoisotopic (exact) mass is 180 g/mol. The lowest BCUT2D eigenvalue weighted by molar-refractivity contribution is -0.127. The van der Waals surface area contributed by atoms with E-state index in [4.69, 9.17) is 12.2 Å². The Kier molecular flexibility index (Phi) is 3.78. The molecule has 0 bridgehead atoms. The van der Waals surface area contributed by atoms with Gasteiger partial charge in [-0.2, -0.15) is 0 Å². The normalized spacial score (nSPS) is 22.0. The highest BCUT2D eigenvalue weighted by atomic mass is 16.2. The zero-order valence-corrected chi connectivity index (χ0v) is 7.83. The Morgan fingerprint density at radius 1 is 1.62 bits per heavy atom. The number of hydrogen-bond acceptors (Lipinski definition) is 2. The molecule has 1 rings (SSSR count). The summed E-state index contributed by atoms with van der Waals surface area (Å²) in [7, 11) is 0. The minimum absolute atomic E-state index is 0.130. The van der Waals surface area contributed by atoms with Crippen molar-refractivity contribution in [2.24, 2.45) is 11.7 Å². The largest absolute Gasteiger partial charge is 0.341 e. The zero-order valence-electron chi connectivity index (χ0n) is 7.83. The third-order valence-corrected chi connectivity index (χ3v) is 2.33. The van der Waals surface area contributed by atoms with Gasteiger partial charge >= 0.3 is 0 Å². The molecule has 2 N–H and O–H groups in total. The van der Waals surface area contributed by atoms with E-state index >= 15 is 0 Å². The lowest BCUT2D eigenvalue weighted by atomic mass is 10.1. The van der Waals surface area contributed by atoms with Gasteiger partial charge in [0.2, 0.25) is 5.91 Å². The van der Waals surface area contributed by atoms with Crippen LogP contribution in [0.5, 0.6) is 0 Å². The van der Waals surface area contributed by atoms with Crippen LogP contribution < -0.4 is 5.73 Å². The molecule has 0 saturated carbocycles. The Morgan fingerprint density at radius 3 is 2.92 bits per heavy atom. The summed E-state index contributed by atoms with van der Waals surface area (Å²) in [6, 6.07) is 0. The first-order valence-electron chi connectivity index (χ1n) is 4.72. The van der Waals surface area contributed by atoms with Gasteiger partial charge in [-0.05, 0) is 19.4 Å². The van der Waals surface area contributed by atoms with Gasteiger partial charge in [-0.1, -0.05) is 0 Å². The van der Waals surface area contributed by atoms with Crippen LogP contribution in [0.25, 0.3) is 0 Å². The number of amides is 1. The summed E-state index contributed by atoms with van der Waals surface area (Å²) >= 11 is 0. The molecule has 1 unspecified atom stereocenters. The summed E-state index contributed by atoms with van der Waals surface area (Å²) in [6.07, 6.45) is 7.75. The van der Waals surface area contributed by atoms with Crippen molar-refractivity contribution in [2.75, 3.05) is 19.6 Å². The Morgan fingerprint density at radius 2 is 2.38 bits per heavy atom. The summed E-state index contributed by atoms with van der Waals surface area (Å²) in [4.78, 5) is 13.2. The Hall–Kier alpha value is -1.01. The van der Waals surface area contributed by atoms with Crippen molar-refractivity contribution < 1.29 is 4.79 Å². The van der Waals surface area contributed by atoms with Crippen LogP contribution >= 0.6 is 0 Å². The number of carbonyl (C=O) groups excluding carboxylic acids is 1. The molecule has 1 amide bonds. The molecular weight excluding hydrogens is 164 g/mol. The van der Waals surface area contributed by atoms with Crippen molar-refractivity contribution in [3.8, 4) is 12.3 Å². The molecule has 0 aromatic rings.